The van der Waals surface area contributed by atoms with Crippen LogP contribution in [0.4, 0.5) is 0 Å². The third-order valence-electron chi connectivity index (χ3n) is 2.03. The molecular weight excluding hydrogens is 251 g/mol. The van der Waals surface area contributed by atoms with Crippen LogP contribution >= 0.6 is 23.2 Å². The Balaban J connectivity index is 2.93. The molecule has 0 fully saturated rings. The monoisotopic (exact) mass is 262 g/mol. The van der Waals surface area contributed by atoms with E-state index in [4.69, 9.17) is 28.3 Å². The molecule has 0 spiro atoms. The molecule has 0 aliphatic carbocycles. The van der Waals surface area contributed by atoms with Crippen LogP contribution in [0.1, 0.15) is 31.2 Å². The van der Waals surface area contributed by atoms with E-state index in [1.54, 1.807) is 0 Å². The summed E-state index contributed by atoms with van der Waals surface area (Å²) in [5, 5.41) is 8.92. The van der Waals surface area contributed by atoms with Gasteiger partial charge in [0.15, 0.2) is 0 Å². The van der Waals surface area contributed by atoms with E-state index in [1.807, 2.05) is 0 Å². The van der Waals surface area contributed by atoms with Gasteiger partial charge in [0.05, 0.1) is 6.42 Å². The molecule has 0 unspecified atom stereocenters. The Morgan fingerprint density at radius 1 is 1.31 bits per heavy atom. The largest absolute Gasteiger partial charge is 0.481 e. The minimum absolute atomic E-state index is 0.133. The maximum absolute atomic E-state index is 10.6. The van der Waals surface area contributed by atoms with E-state index in [0.29, 0.717) is 12.2 Å². The number of nitrogens with zero attached hydrogens (tertiary/aromatic N) is 2. The number of hydrogen-bond acceptors (Lipinski definition) is 3. The van der Waals surface area contributed by atoms with Crippen LogP contribution in [-0.4, -0.2) is 21.0 Å². The van der Waals surface area contributed by atoms with Crippen molar-refractivity contribution in [1.82, 2.24) is 9.97 Å². The zero-order valence-corrected chi connectivity index (χ0v) is 10.3. The van der Waals surface area contributed by atoms with Crippen molar-refractivity contribution in [2.45, 2.75) is 32.6 Å². The zero-order valence-electron chi connectivity index (χ0n) is 8.83. The van der Waals surface area contributed by atoms with Gasteiger partial charge < -0.3 is 5.11 Å². The van der Waals surface area contributed by atoms with Crippen molar-refractivity contribution >= 4 is 29.2 Å². The van der Waals surface area contributed by atoms with Gasteiger partial charge in [-0.25, -0.2) is 9.97 Å². The van der Waals surface area contributed by atoms with Gasteiger partial charge in [-0.05, 0) is 6.42 Å². The molecule has 1 rings (SSSR count). The third-order valence-corrected chi connectivity index (χ3v) is 2.66. The lowest BCUT2D eigenvalue weighted by molar-refractivity contribution is -0.136. The van der Waals surface area contributed by atoms with Gasteiger partial charge in [0.1, 0.15) is 16.1 Å². The van der Waals surface area contributed by atoms with Crippen molar-refractivity contribution in [1.29, 1.82) is 0 Å². The van der Waals surface area contributed by atoms with Crippen LogP contribution in [0.2, 0.25) is 10.3 Å². The highest BCUT2D eigenvalue weighted by molar-refractivity contribution is 6.34. The first-order chi connectivity index (χ1) is 7.54. The number of aromatic nitrogens is 2. The molecule has 0 aliphatic heterocycles. The van der Waals surface area contributed by atoms with Gasteiger partial charge in [-0.1, -0.05) is 36.5 Å². The van der Waals surface area contributed by atoms with Crippen LogP contribution in [0, 0.1) is 0 Å². The molecule has 0 aromatic carbocycles. The van der Waals surface area contributed by atoms with Crippen molar-refractivity contribution in [2.75, 3.05) is 0 Å². The number of rotatable bonds is 5. The Kier molecular flexibility index (Phi) is 4.96. The second-order valence-corrected chi connectivity index (χ2v) is 4.09. The fourth-order valence-corrected chi connectivity index (χ4v) is 1.77. The maximum atomic E-state index is 10.6. The van der Waals surface area contributed by atoms with Gasteiger partial charge in [-0.2, -0.15) is 0 Å². The summed E-state index contributed by atoms with van der Waals surface area (Å²) in [4.78, 5) is 18.6. The summed E-state index contributed by atoms with van der Waals surface area (Å²) in [5.74, 6) is -0.445. The first-order valence-corrected chi connectivity index (χ1v) is 5.72. The SMILES string of the molecule is CCCCc1nc(Cl)c(CC(=O)O)c(Cl)n1. The summed E-state index contributed by atoms with van der Waals surface area (Å²) in [5.41, 5.74) is 0.274. The van der Waals surface area contributed by atoms with E-state index >= 15 is 0 Å². The fraction of sp³-hybridized carbons (Fsp3) is 0.500. The van der Waals surface area contributed by atoms with E-state index in [1.165, 1.54) is 0 Å². The van der Waals surface area contributed by atoms with E-state index in [2.05, 4.69) is 16.9 Å². The highest BCUT2D eigenvalue weighted by Crippen LogP contribution is 2.22. The first-order valence-electron chi connectivity index (χ1n) is 4.97. The average Bonchev–Trinajstić information content (AvgIpc) is 2.20. The van der Waals surface area contributed by atoms with E-state index in [-0.39, 0.29) is 22.3 Å². The molecule has 1 N–H and O–H groups in total. The molecule has 1 heterocycles. The zero-order chi connectivity index (χ0) is 12.1. The van der Waals surface area contributed by atoms with E-state index < -0.39 is 5.97 Å². The lowest BCUT2D eigenvalue weighted by Crippen LogP contribution is -2.06. The average molecular weight is 263 g/mol. The molecular formula is C10H12Cl2N2O2. The molecule has 0 amide bonds. The molecule has 6 heteroatoms. The second-order valence-electron chi connectivity index (χ2n) is 3.37. The summed E-state index contributed by atoms with van der Waals surface area (Å²) < 4.78 is 0. The van der Waals surface area contributed by atoms with Gasteiger partial charge in [-0.15, -0.1) is 0 Å². The molecule has 0 bridgehead atoms. The highest BCUT2D eigenvalue weighted by atomic mass is 35.5. The number of halogens is 2. The van der Waals surface area contributed by atoms with Crippen molar-refractivity contribution in [3.8, 4) is 0 Å². The van der Waals surface area contributed by atoms with Crippen molar-refractivity contribution < 1.29 is 9.90 Å². The first kappa shape index (κ1) is 13.2. The van der Waals surface area contributed by atoms with Gasteiger partial charge >= 0.3 is 5.97 Å². The van der Waals surface area contributed by atoms with Gasteiger partial charge in [0, 0.05) is 12.0 Å². The van der Waals surface area contributed by atoms with E-state index in [0.717, 1.165) is 12.8 Å². The Morgan fingerprint density at radius 2 is 1.88 bits per heavy atom. The van der Waals surface area contributed by atoms with Crippen molar-refractivity contribution in [3.05, 3.63) is 21.7 Å². The number of hydrogen-bond donors (Lipinski definition) is 1. The van der Waals surface area contributed by atoms with Crippen LogP contribution in [0.15, 0.2) is 0 Å². The quantitative estimate of drug-likeness (QED) is 0.829. The molecule has 88 valence electrons. The fourth-order valence-electron chi connectivity index (χ4n) is 1.22. The molecule has 1 aromatic heterocycles. The number of unbranched alkanes of at least 4 members (excludes halogenated alkanes) is 1. The minimum atomic E-state index is -1.01. The normalized spacial score (nSPS) is 10.4. The Labute approximate surface area is 104 Å². The number of aliphatic carboxylic acids is 1. The topological polar surface area (TPSA) is 63.1 Å². The summed E-state index contributed by atoms with van der Waals surface area (Å²) >= 11 is 11.7. The number of carboxylic acids is 1. The summed E-state index contributed by atoms with van der Waals surface area (Å²) in [6.45, 7) is 2.06. The van der Waals surface area contributed by atoms with Crippen LogP contribution < -0.4 is 0 Å². The standard InChI is InChI=1S/C10H12Cl2N2O2/c1-2-3-4-7-13-9(11)6(5-8(15)16)10(12)14-7/h2-5H2,1H3,(H,15,16). The molecule has 16 heavy (non-hydrogen) atoms. The summed E-state index contributed by atoms with van der Waals surface area (Å²) in [6.07, 6.45) is 2.41. The molecule has 1 aromatic rings. The smallest absolute Gasteiger partial charge is 0.308 e. The number of carbonyl (C=O) groups is 1. The van der Waals surface area contributed by atoms with Crippen LogP contribution in [0.25, 0.3) is 0 Å². The minimum Gasteiger partial charge on any atom is -0.481 e. The lowest BCUT2D eigenvalue weighted by atomic mass is 10.2. The molecule has 4 nitrogen and oxygen atoms in total. The summed E-state index contributed by atoms with van der Waals surface area (Å²) in [6, 6.07) is 0. The van der Waals surface area contributed by atoms with Crippen LogP contribution in [-0.2, 0) is 17.6 Å². The predicted octanol–water partition coefficient (Wildman–Crippen LogP) is 2.75. The molecule has 0 atom stereocenters. The lowest BCUT2D eigenvalue weighted by Gasteiger charge is -2.05. The molecule has 0 saturated heterocycles. The number of carboxylic acid groups (broad SMARTS) is 1. The van der Waals surface area contributed by atoms with E-state index in [9.17, 15) is 4.79 Å². The molecule has 0 radical (unpaired) electrons. The third kappa shape index (κ3) is 3.61. The number of aryl methyl sites for hydroxylation is 1. The highest BCUT2D eigenvalue weighted by Gasteiger charge is 2.14. The van der Waals surface area contributed by atoms with Crippen LogP contribution in [0.5, 0.6) is 0 Å². The van der Waals surface area contributed by atoms with Gasteiger partial charge in [0.25, 0.3) is 0 Å². The summed E-state index contributed by atoms with van der Waals surface area (Å²) in [7, 11) is 0. The molecule has 0 saturated carbocycles. The molecule has 0 aliphatic rings. The van der Waals surface area contributed by atoms with Gasteiger partial charge in [0.2, 0.25) is 0 Å². The van der Waals surface area contributed by atoms with Crippen LogP contribution in [0.3, 0.4) is 0 Å². The van der Waals surface area contributed by atoms with Crippen molar-refractivity contribution in [3.63, 3.8) is 0 Å². The van der Waals surface area contributed by atoms with Gasteiger partial charge in [-0.3, -0.25) is 4.79 Å². The Bertz CT molecular complexity index is 373. The predicted molar refractivity (Wildman–Crippen MR) is 62.0 cm³/mol. The van der Waals surface area contributed by atoms with Crippen molar-refractivity contribution in [2.24, 2.45) is 0 Å². The Morgan fingerprint density at radius 3 is 2.31 bits per heavy atom. The Hall–Kier alpha value is -0.870. The second kappa shape index (κ2) is 6.01. The maximum Gasteiger partial charge on any atom is 0.308 e.